The van der Waals surface area contributed by atoms with Crippen molar-refractivity contribution >= 4 is 11.5 Å². The maximum absolute atomic E-state index is 12.1. The van der Waals surface area contributed by atoms with E-state index in [1.807, 2.05) is 0 Å². The molecule has 0 amide bonds. The second-order valence-electron chi connectivity index (χ2n) is 4.56. The standard InChI is InChI=1S/C12H19N5O2/c1-3-4-6-17-12(19)16-7-5-13-10(11(16)15-17)14-8-9(2)18/h5,7,9,18H,3-4,6,8H2,1-2H3,(H,13,14). The number of unbranched alkanes of at least 4 members (excludes halogenated alkanes) is 1. The number of fused-ring (bicyclic) bond motifs is 1. The first-order valence-electron chi connectivity index (χ1n) is 6.49. The number of nitrogens with zero attached hydrogens (tertiary/aromatic N) is 4. The molecule has 104 valence electrons. The van der Waals surface area contributed by atoms with E-state index in [1.54, 1.807) is 19.3 Å². The van der Waals surface area contributed by atoms with Gasteiger partial charge in [0.15, 0.2) is 5.82 Å². The van der Waals surface area contributed by atoms with Gasteiger partial charge >= 0.3 is 5.69 Å². The van der Waals surface area contributed by atoms with Crippen molar-refractivity contribution in [3.8, 4) is 0 Å². The first-order valence-corrected chi connectivity index (χ1v) is 6.49. The van der Waals surface area contributed by atoms with Crippen molar-refractivity contribution in [2.45, 2.75) is 39.3 Å². The minimum atomic E-state index is -0.490. The molecule has 0 aliphatic rings. The van der Waals surface area contributed by atoms with Crippen molar-refractivity contribution in [3.05, 3.63) is 22.9 Å². The van der Waals surface area contributed by atoms with Crippen LogP contribution in [0.3, 0.4) is 0 Å². The van der Waals surface area contributed by atoms with Gasteiger partial charge in [-0.25, -0.2) is 18.9 Å². The van der Waals surface area contributed by atoms with Gasteiger partial charge in [-0.05, 0) is 13.3 Å². The summed E-state index contributed by atoms with van der Waals surface area (Å²) in [5.41, 5.74) is 0.329. The van der Waals surface area contributed by atoms with Gasteiger partial charge in [-0.2, -0.15) is 0 Å². The number of nitrogens with one attached hydrogen (secondary N) is 1. The SMILES string of the molecule is CCCCn1nc2c(NCC(C)O)nccn2c1=O. The van der Waals surface area contributed by atoms with E-state index in [4.69, 9.17) is 0 Å². The van der Waals surface area contributed by atoms with E-state index in [9.17, 15) is 9.90 Å². The van der Waals surface area contributed by atoms with Crippen molar-refractivity contribution in [3.63, 3.8) is 0 Å². The fourth-order valence-corrected chi connectivity index (χ4v) is 1.77. The number of hydrogen-bond donors (Lipinski definition) is 2. The monoisotopic (exact) mass is 265 g/mol. The third kappa shape index (κ3) is 2.93. The molecule has 0 bridgehead atoms. The lowest BCUT2D eigenvalue weighted by Gasteiger charge is -2.07. The number of rotatable bonds is 6. The first kappa shape index (κ1) is 13.5. The summed E-state index contributed by atoms with van der Waals surface area (Å²) in [6, 6.07) is 0. The molecule has 2 aromatic rings. The average Bonchev–Trinajstić information content (AvgIpc) is 2.71. The van der Waals surface area contributed by atoms with Crippen molar-refractivity contribution in [1.82, 2.24) is 19.2 Å². The highest BCUT2D eigenvalue weighted by Gasteiger charge is 2.11. The van der Waals surface area contributed by atoms with Crippen LogP contribution in [0.5, 0.6) is 0 Å². The van der Waals surface area contributed by atoms with E-state index < -0.39 is 6.10 Å². The molecular formula is C12H19N5O2. The molecular weight excluding hydrogens is 246 g/mol. The van der Waals surface area contributed by atoms with Gasteiger partial charge in [-0.15, -0.1) is 5.10 Å². The Hall–Kier alpha value is -1.89. The molecule has 7 nitrogen and oxygen atoms in total. The minimum absolute atomic E-state index is 0.161. The Kier molecular flexibility index (Phi) is 4.16. The lowest BCUT2D eigenvalue weighted by Crippen LogP contribution is -2.21. The Labute approximate surface area is 110 Å². The van der Waals surface area contributed by atoms with Crippen LogP contribution in [0.2, 0.25) is 0 Å². The molecule has 2 heterocycles. The van der Waals surface area contributed by atoms with E-state index in [0.717, 1.165) is 12.8 Å². The van der Waals surface area contributed by atoms with Gasteiger partial charge in [0.25, 0.3) is 0 Å². The predicted molar refractivity (Wildman–Crippen MR) is 72.3 cm³/mol. The van der Waals surface area contributed by atoms with E-state index in [0.29, 0.717) is 24.6 Å². The fraction of sp³-hybridized carbons (Fsp3) is 0.583. The number of aliphatic hydroxyl groups is 1. The van der Waals surface area contributed by atoms with E-state index in [-0.39, 0.29) is 5.69 Å². The zero-order valence-corrected chi connectivity index (χ0v) is 11.2. The highest BCUT2D eigenvalue weighted by molar-refractivity contribution is 5.61. The van der Waals surface area contributed by atoms with Gasteiger partial charge < -0.3 is 10.4 Å². The van der Waals surface area contributed by atoms with Crippen molar-refractivity contribution < 1.29 is 5.11 Å². The Morgan fingerprint density at radius 1 is 1.53 bits per heavy atom. The predicted octanol–water partition coefficient (Wildman–Crippen LogP) is 0.484. The highest BCUT2D eigenvalue weighted by Crippen LogP contribution is 2.09. The molecule has 7 heteroatoms. The van der Waals surface area contributed by atoms with Gasteiger partial charge in [0, 0.05) is 25.5 Å². The second-order valence-corrected chi connectivity index (χ2v) is 4.56. The summed E-state index contributed by atoms with van der Waals surface area (Å²) in [4.78, 5) is 16.2. The number of aliphatic hydroxyl groups excluding tert-OH is 1. The molecule has 0 saturated heterocycles. The molecule has 1 unspecified atom stereocenters. The topological polar surface area (TPSA) is 84.4 Å². The highest BCUT2D eigenvalue weighted by atomic mass is 16.3. The largest absolute Gasteiger partial charge is 0.392 e. The Morgan fingerprint density at radius 3 is 3.00 bits per heavy atom. The fourth-order valence-electron chi connectivity index (χ4n) is 1.77. The summed E-state index contributed by atoms with van der Waals surface area (Å²) in [5.74, 6) is 0.510. The van der Waals surface area contributed by atoms with Gasteiger partial charge in [-0.3, -0.25) is 0 Å². The summed E-state index contributed by atoms with van der Waals surface area (Å²) in [6.07, 6.45) is 4.57. The van der Waals surface area contributed by atoms with E-state index in [1.165, 1.54) is 9.08 Å². The van der Waals surface area contributed by atoms with Crippen molar-refractivity contribution in [1.29, 1.82) is 0 Å². The smallest absolute Gasteiger partial charge is 0.350 e. The summed E-state index contributed by atoms with van der Waals surface area (Å²) in [7, 11) is 0. The third-order valence-corrected chi connectivity index (χ3v) is 2.79. The van der Waals surface area contributed by atoms with E-state index >= 15 is 0 Å². The molecule has 0 spiro atoms. The molecule has 2 N–H and O–H groups in total. The number of anilines is 1. The molecule has 2 rings (SSSR count). The van der Waals surface area contributed by atoms with Crippen LogP contribution in [0.25, 0.3) is 5.65 Å². The lowest BCUT2D eigenvalue weighted by molar-refractivity contribution is 0.208. The molecule has 0 aromatic carbocycles. The zero-order chi connectivity index (χ0) is 13.8. The maximum atomic E-state index is 12.1. The molecule has 19 heavy (non-hydrogen) atoms. The van der Waals surface area contributed by atoms with Gasteiger partial charge in [0.05, 0.1) is 6.10 Å². The zero-order valence-electron chi connectivity index (χ0n) is 11.2. The summed E-state index contributed by atoms with van der Waals surface area (Å²) >= 11 is 0. The molecule has 0 saturated carbocycles. The lowest BCUT2D eigenvalue weighted by atomic mass is 10.3. The maximum Gasteiger partial charge on any atom is 0.350 e. The molecule has 2 aromatic heterocycles. The molecule has 0 fully saturated rings. The van der Waals surface area contributed by atoms with Crippen LogP contribution in [0.1, 0.15) is 26.7 Å². The molecule has 0 radical (unpaired) electrons. The van der Waals surface area contributed by atoms with Crippen molar-refractivity contribution in [2.24, 2.45) is 0 Å². The van der Waals surface area contributed by atoms with Crippen LogP contribution in [0, 0.1) is 0 Å². The number of aromatic nitrogens is 4. The molecule has 0 aliphatic heterocycles. The van der Waals surface area contributed by atoms with Crippen LogP contribution in [0.15, 0.2) is 17.2 Å². The minimum Gasteiger partial charge on any atom is -0.392 e. The molecule has 1 atom stereocenters. The van der Waals surface area contributed by atoms with Crippen LogP contribution >= 0.6 is 0 Å². The Morgan fingerprint density at radius 2 is 2.32 bits per heavy atom. The van der Waals surface area contributed by atoms with Crippen LogP contribution in [0.4, 0.5) is 5.82 Å². The quantitative estimate of drug-likeness (QED) is 0.793. The summed E-state index contributed by atoms with van der Waals surface area (Å²) < 4.78 is 2.92. The Balaban J connectivity index is 2.36. The van der Waals surface area contributed by atoms with Gasteiger partial charge in [-0.1, -0.05) is 13.3 Å². The first-order chi connectivity index (χ1) is 9.13. The van der Waals surface area contributed by atoms with Gasteiger partial charge in [0.1, 0.15) is 0 Å². The summed E-state index contributed by atoms with van der Waals surface area (Å²) in [6.45, 7) is 4.71. The Bertz CT molecular complexity index is 602. The second kappa shape index (κ2) is 5.83. The number of aryl methyl sites for hydroxylation is 1. The van der Waals surface area contributed by atoms with Crippen LogP contribution in [-0.4, -0.2) is 36.9 Å². The number of hydrogen-bond acceptors (Lipinski definition) is 5. The van der Waals surface area contributed by atoms with Crippen LogP contribution < -0.4 is 11.0 Å². The van der Waals surface area contributed by atoms with Crippen LogP contribution in [-0.2, 0) is 6.54 Å². The third-order valence-electron chi connectivity index (χ3n) is 2.79. The average molecular weight is 265 g/mol. The molecule has 0 aliphatic carbocycles. The van der Waals surface area contributed by atoms with E-state index in [2.05, 4.69) is 22.3 Å². The normalized spacial score (nSPS) is 12.8. The van der Waals surface area contributed by atoms with Crippen molar-refractivity contribution in [2.75, 3.05) is 11.9 Å². The summed E-state index contributed by atoms with van der Waals surface area (Å²) in [5, 5.41) is 16.6. The van der Waals surface area contributed by atoms with Gasteiger partial charge in [0.2, 0.25) is 5.65 Å².